The predicted octanol–water partition coefficient (Wildman–Crippen LogP) is 2.38. The van der Waals surface area contributed by atoms with Crippen LogP contribution < -0.4 is 5.30 Å². The topological polar surface area (TPSA) is 17.1 Å². The van der Waals surface area contributed by atoms with E-state index in [1.807, 2.05) is 0 Å². The Labute approximate surface area is 72.0 Å². The fraction of sp³-hybridized carbons (Fsp3) is 0.333. The molecule has 0 fully saturated rings. The van der Waals surface area contributed by atoms with Gasteiger partial charge in [-0.2, -0.15) is 0 Å². The first-order valence-electron chi connectivity index (χ1n) is 3.73. The molecule has 0 aliphatic rings. The highest BCUT2D eigenvalue weighted by atomic mass is 31.2. The van der Waals surface area contributed by atoms with Crippen molar-refractivity contribution in [1.29, 1.82) is 0 Å². The molecular formula is C9H12FOP. The highest BCUT2D eigenvalue weighted by molar-refractivity contribution is 7.70. The van der Waals surface area contributed by atoms with Crippen LogP contribution in [-0.2, 0) is 4.57 Å². The van der Waals surface area contributed by atoms with E-state index < -0.39 is 7.14 Å². The zero-order valence-electron chi connectivity index (χ0n) is 7.47. The Morgan fingerprint density at radius 2 is 1.92 bits per heavy atom. The average molecular weight is 186 g/mol. The maximum Gasteiger partial charge on any atom is 0.136 e. The van der Waals surface area contributed by atoms with E-state index in [1.165, 1.54) is 0 Å². The first-order chi connectivity index (χ1) is 5.43. The van der Waals surface area contributed by atoms with Crippen molar-refractivity contribution in [2.45, 2.75) is 6.92 Å². The molecule has 0 atom stereocenters. The summed E-state index contributed by atoms with van der Waals surface area (Å²) in [7, 11) is -2.46. The highest BCUT2D eigenvalue weighted by Gasteiger charge is 2.16. The van der Waals surface area contributed by atoms with Crippen LogP contribution in [0.5, 0.6) is 0 Å². The maximum atomic E-state index is 13.3. The average Bonchev–Trinajstić information content (AvgIpc) is 1.92. The Balaban J connectivity index is 3.36. The SMILES string of the molecule is Cc1cccc(P(C)(C)=O)c1F. The van der Waals surface area contributed by atoms with Crippen molar-refractivity contribution >= 4 is 12.4 Å². The standard InChI is InChI=1S/C9H12FOP/c1-7-5-4-6-8(9(7)10)12(2,3)11/h4-6H,1-3H3. The predicted molar refractivity (Wildman–Crippen MR) is 50.2 cm³/mol. The zero-order chi connectivity index (χ0) is 9.35. The minimum absolute atomic E-state index is 0.328. The number of hydrogen-bond acceptors (Lipinski definition) is 1. The van der Waals surface area contributed by atoms with Gasteiger partial charge in [-0.1, -0.05) is 12.1 Å². The Hall–Kier alpha value is -0.620. The van der Waals surface area contributed by atoms with Crippen molar-refractivity contribution in [3.05, 3.63) is 29.6 Å². The van der Waals surface area contributed by atoms with Gasteiger partial charge < -0.3 is 4.57 Å². The summed E-state index contributed by atoms with van der Waals surface area (Å²) in [5, 5.41) is 0.350. The maximum absolute atomic E-state index is 13.3. The van der Waals surface area contributed by atoms with Gasteiger partial charge in [-0.05, 0) is 31.9 Å². The van der Waals surface area contributed by atoms with Crippen molar-refractivity contribution in [2.75, 3.05) is 13.3 Å². The number of hydrogen-bond donors (Lipinski definition) is 0. The lowest BCUT2D eigenvalue weighted by Gasteiger charge is -2.08. The molecule has 12 heavy (non-hydrogen) atoms. The fourth-order valence-electron chi connectivity index (χ4n) is 1.05. The summed E-state index contributed by atoms with van der Waals surface area (Å²) >= 11 is 0. The minimum atomic E-state index is -2.46. The summed E-state index contributed by atoms with van der Waals surface area (Å²) in [5.74, 6) is -0.328. The van der Waals surface area contributed by atoms with E-state index in [4.69, 9.17) is 0 Å². The van der Waals surface area contributed by atoms with E-state index in [0.717, 1.165) is 0 Å². The molecule has 0 unspecified atom stereocenters. The van der Waals surface area contributed by atoms with Crippen LogP contribution >= 0.6 is 7.14 Å². The number of aryl methyl sites for hydroxylation is 1. The molecule has 0 radical (unpaired) electrons. The van der Waals surface area contributed by atoms with Crippen LogP contribution in [0.1, 0.15) is 5.56 Å². The zero-order valence-corrected chi connectivity index (χ0v) is 8.36. The van der Waals surface area contributed by atoms with Crippen molar-refractivity contribution in [1.82, 2.24) is 0 Å². The summed E-state index contributed by atoms with van der Waals surface area (Å²) in [4.78, 5) is 0. The first kappa shape index (κ1) is 9.47. The monoisotopic (exact) mass is 186 g/mol. The molecule has 1 rings (SSSR count). The molecular weight excluding hydrogens is 174 g/mol. The molecule has 0 aliphatic carbocycles. The molecule has 3 heteroatoms. The molecule has 1 aromatic rings. The molecule has 0 heterocycles. The largest absolute Gasteiger partial charge is 0.319 e. The third-order valence-electron chi connectivity index (χ3n) is 1.75. The molecule has 0 amide bonds. The molecule has 66 valence electrons. The third-order valence-corrected chi connectivity index (χ3v) is 3.26. The van der Waals surface area contributed by atoms with Crippen LogP contribution in [0.2, 0.25) is 0 Å². The molecule has 0 bridgehead atoms. The Kier molecular flexibility index (Phi) is 2.39. The van der Waals surface area contributed by atoms with Crippen LogP contribution in [0.25, 0.3) is 0 Å². The van der Waals surface area contributed by atoms with Crippen LogP contribution in [0.3, 0.4) is 0 Å². The van der Waals surface area contributed by atoms with Crippen molar-refractivity contribution in [3.8, 4) is 0 Å². The Morgan fingerprint density at radius 1 is 1.33 bits per heavy atom. The molecule has 0 saturated carbocycles. The Morgan fingerprint density at radius 3 is 2.33 bits per heavy atom. The van der Waals surface area contributed by atoms with Crippen molar-refractivity contribution in [2.24, 2.45) is 0 Å². The van der Waals surface area contributed by atoms with Gasteiger partial charge in [0.1, 0.15) is 13.0 Å². The second-order valence-electron chi connectivity index (χ2n) is 3.26. The number of halogens is 1. The molecule has 0 N–H and O–H groups in total. The van der Waals surface area contributed by atoms with Gasteiger partial charge in [-0.15, -0.1) is 0 Å². The second kappa shape index (κ2) is 3.02. The molecule has 1 nitrogen and oxygen atoms in total. The summed E-state index contributed by atoms with van der Waals surface area (Å²) in [6.45, 7) is 4.82. The molecule has 0 aliphatic heterocycles. The second-order valence-corrected chi connectivity index (χ2v) is 6.44. The van der Waals surface area contributed by atoms with E-state index in [9.17, 15) is 8.96 Å². The first-order valence-corrected chi connectivity index (χ1v) is 6.33. The number of rotatable bonds is 1. The minimum Gasteiger partial charge on any atom is -0.319 e. The van der Waals surface area contributed by atoms with Crippen molar-refractivity contribution in [3.63, 3.8) is 0 Å². The molecule has 0 spiro atoms. The van der Waals surface area contributed by atoms with Crippen LogP contribution in [0.4, 0.5) is 4.39 Å². The van der Waals surface area contributed by atoms with Gasteiger partial charge in [0, 0.05) is 5.30 Å². The van der Waals surface area contributed by atoms with Crippen molar-refractivity contribution < 1.29 is 8.96 Å². The lowest BCUT2D eigenvalue weighted by molar-refractivity contribution is 0.584. The summed E-state index contributed by atoms with van der Waals surface area (Å²) < 4.78 is 24.9. The van der Waals surface area contributed by atoms with Crippen LogP contribution in [0, 0.1) is 12.7 Å². The summed E-state index contributed by atoms with van der Waals surface area (Å²) in [6.07, 6.45) is 0. The Bertz CT molecular complexity index is 340. The summed E-state index contributed by atoms with van der Waals surface area (Å²) in [5.41, 5.74) is 0.552. The van der Waals surface area contributed by atoms with E-state index in [1.54, 1.807) is 38.5 Å². The molecule has 0 saturated heterocycles. The quantitative estimate of drug-likeness (QED) is 0.615. The third kappa shape index (κ3) is 1.75. The highest BCUT2D eigenvalue weighted by Crippen LogP contribution is 2.35. The molecule has 1 aromatic carbocycles. The van der Waals surface area contributed by atoms with Crippen LogP contribution in [0.15, 0.2) is 18.2 Å². The normalized spacial score (nSPS) is 11.7. The molecule has 0 aromatic heterocycles. The van der Waals surface area contributed by atoms with Crippen LogP contribution in [-0.4, -0.2) is 13.3 Å². The summed E-state index contributed by atoms with van der Waals surface area (Å²) in [6, 6.07) is 4.99. The van der Waals surface area contributed by atoms with E-state index in [0.29, 0.717) is 10.9 Å². The lowest BCUT2D eigenvalue weighted by Crippen LogP contribution is -2.09. The van der Waals surface area contributed by atoms with Gasteiger partial charge in [0.05, 0.1) is 0 Å². The fourth-order valence-corrected chi connectivity index (χ4v) is 2.14. The van der Waals surface area contributed by atoms with Gasteiger partial charge in [-0.3, -0.25) is 0 Å². The van der Waals surface area contributed by atoms with Gasteiger partial charge in [-0.25, -0.2) is 4.39 Å². The van der Waals surface area contributed by atoms with Gasteiger partial charge in [0.15, 0.2) is 0 Å². The van der Waals surface area contributed by atoms with Gasteiger partial charge in [0.25, 0.3) is 0 Å². The van der Waals surface area contributed by atoms with E-state index >= 15 is 0 Å². The van der Waals surface area contributed by atoms with E-state index in [-0.39, 0.29) is 5.82 Å². The smallest absolute Gasteiger partial charge is 0.136 e. The lowest BCUT2D eigenvalue weighted by atomic mass is 10.2. The van der Waals surface area contributed by atoms with Gasteiger partial charge in [0.2, 0.25) is 0 Å². The van der Waals surface area contributed by atoms with E-state index in [2.05, 4.69) is 0 Å². The number of benzene rings is 1. The van der Waals surface area contributed by atoms with Gasteiger partial charge >= 0.3 is 0 Å².